The molecule has 0 radical (unpaired) electrons. The summed E-state index contributed by atoms with van der Waals surface area (Å²) in [6.07, 6.45) is 14.3. The molecule has 0 aliphatic heterocycles. The molecule has 0 saturated heterocycles. The molecule has 0 aliphatic carbocycles. The van der Waals surface area contributed by atoms with Gasteiger partial charge in [0.25, 0.3) is 0 Å². The first-order valence-electron chi connectivity index (χ1n) is 12.4. The lowest BCUT2D eigenvalue weighted by Crippen LogP contribution is -2.22. The van der Waals surface area contributed by atoms with Crippen LogP contribution in [0.25, 0.3) is 0 Å². The van der Waals surface area contributed by atoms with E-state index in [0.29, 0.717) is 11.7 Å². The van der Waals surface area contributed by atoms with Crippen molar-refractivity contribution in [1.82, 2.24) is 0 Å². The first kappa shape index (κ1) is 24.5. The van der Waals surface area contributed by atoms with E-state index < -0.39 is 0 Å². The standard InChI is InChI=1S/C29H44O/c1-5-7-9-10-11-14-19-24(18-13-8-6-2)26-22-17-23-27(30)28(26)29(3,4)25-20-15-12-16-21-25/h12,15-17,20-24,30H,5-11,13-14,18-19H2,1-4H3. The van der Waals surface area contributed by atoms with Gasteiger partial charge in [0.1, 0.15) is 5.75 Å². The number of phenolic OH excluding ortho intramolecular Hbond substituents is 1. The highest BCUT2D eigenvalue weighted by molar-refractivity contribution is 5.51. The van der Waals surface area contributed by atoms with Crippen LogP contribution in [0.1, 0.15) is 121 Å². The Morgan fingerprint density at radius 1 is 0.700 bits per heavy atom. The third-order valence-corrected chi connectivity index (χ3v) is 6.70. The van der Waals surface area contributed by atoms with Crippen molar-refractivity contribution in [3.63, 3.8) is 0 Å². The van der Waals surface area contributed by atoms with Gasteiger partial charge < -0.3 is 5.11 Å². The molecule has 1 heteroatoms. The molecule has 0 amide bonds. The van der Waals surface area contributed by atoms with Crippen molar-refractivity contribution < 1.29 is 5.11 Å². The number of rotatable bonds is 14. The van der Waals surface area contributed by atoms with Gasteiger partial charge >= 0.3 is 0 Å². The van der Waals surface area contributed by atoms with Gasteiger partial charge in [0.2, 0.25) is 0 Å². The predicted octanol–water partition coefficient (Wildman–Crippen LogP) is 9.13. The Kier molecular flexibility index (Phi) is 10.5. The molecule has 30 heavy (non-hydrogen) atoms. The fourth-order valence-corrected chi connectivity index (χ4v) is 4.85. The van der Waals surface area contributed by atoms with Crippen LogP contribution >= 0.6 is 0 Å². The van der Waals surface area contributed by atoms with Gasteiger partial charge in [0, 0.05) is 11.0 Å². The van der Waals surface area contributed by atoms with Crippen LogP contribution in [0.3, 0.4) is 0 Å². The lowest BCUT2D eigenvalue weighted by molar-refractivity contribution is 0.440. The molecule has 0 spiro atoms. The van der Waals surface area contributed by atoms with E-state index in [1.54, 1.807) is 0 Å². The highest BCUT2D eigenvalue weighted by Gasteiger charge is 2.31. The SMILES string of the molecule is CCCCCCCCC(CCCCC)c1cccc(O)c1C(C)(C)c1ccccc1. The highest BCUT2D eigenvalue weighted by atomic mass is 16.3. The Morgan fingerprint density at radius 3 is 1.93 bits per heavy atom. The van der Waals surface area contributed by atoms with E-state index in [-0.39, 0.29) is 5.41 Å². The van der Waals surface area contributed by atoms with E-state index in [2.05, 4.69) is 64.1 Å². The summed E-state index contributed by atoms with van der Waals surface area (Å²) in [6, 6.07) is 16.9. The van der Waals surface area contributed by atoms with Gasteiger partial charge in [0.15, 0.2) is 0 Å². The third kappa shape index (κ3) is 6.89. The van der Waals surface area contributed by atoms with Crippen LogP contribution < -0.4 is 0 Å². The average Bonchev–Trinajstić information content (AvgIpc) is 2.75. The molecule has 0 heterocycles. The molecule has 1 nitrogen and oxygen atoms in total. The molecule has 166 valence electrons. The Balaban J connectivity index is 2.27. The van der Waals surface area contributed by atoms with Crippen LogP contribution in [-0.4, -0.2) is 5.11 Å². The summed E-state index contributed by atoms with van der Waals surface area (Å²) in [5.74, 6) is 0.984. The van der Waals surface area contributed by atoms with Gasteiger partial charge in [-0.1, -0.05) is 128 Å². The number of benzene rings is 2. The smallest absolute Gasteiger partial charge is 0.119 e. The second-order valence-corrected chi connectivity index (χ2v) is 9.48. The van der Waals surface area contributed by atoms with E-state index in [1.807, 2.05) is 12.1 Å². The van der Waals surface area contributed by atoms with E-state index in [1.165, 1.54) is 81.8 Å². The minimum atomic E-state index is -0.216. The Labute approximate surface area is 185 Å². The number of hydrogen-bond acceptors (Lipinski definition) is 1. The lowest BCUT2D eigenvalue weighted by atomic mass is 9.72. The van der Waals surface area contributed by atoms with Crippen molar-refractivity contribution in [3.8, 4) is 5.75 Å². The summed E-state index contributed by atoms with van der Waals surface area (Å²) < 4.78 is 0. The van der Waals surface area contributed by atoms with E-state index in [9.17, 15) is 5.11 Å². The maximum absolute atomic E-state index is 11.0. The summed E-state index contributed by atoms with van der Waals surface area (Å²) in [5.41, 5.74) is 3.54. The lowest BCUT2D eigenvalue weighted by Gasteiger charge is -2.32. The van der Waals surface area contributed by atoms with Crippen molar-refractivity contribution in [2.45, 2.75) is 110 Å². The fourth-order valence-electron chi connectivity index (χ4n) is 4.85. The van der Waals surface area contributed by atoms with Crippen LogP contribution in [0.5, 0.6) is 5.75 Å². The van der Waals surface area contributed by atoms with Crippen molar-refractivity contribution in [2.24, 2.45) is 0 Å². The Morgan fingerprint density at radius 2 is 1.27 bits per heavy atom. The van der Waals surface area contributed by atoms with E-state index in [0.717, 1.165) is 5.56 Å². The second-order valence-electron chi connectivity index (χ2n) is 9.48. The largest absolute Gasteiger partial charge is 0.508 e. The maximum atomic E-state index is 11.0. The molecule has 1 unspecified atom stereocenters. The first-order chi connectivity index (χ1) is 14.5. The summed E-state index contributed by atoms with van der Waals surface area (Å²) >= 11 is 0. The predicted molar refractivity (Wildman–Crippen MR) is 132 cm³/mol. The number of hydrogen-bond donors (Lipinski definition) is 1. The Bertz CT molecular complexity index is 716. The van der Waals surface area contributed by atoms with Crippen LogP contribution in [0.4, 0.5) is 0 Å². The number of aromatic hydroxyl groups is 1. The van der Waals surface area contributed by atoms with Gasteiger partial charge in [-0.05, 0) is 36.0 Å². The van der Waals surface area contributed by atoms with Gasteiger partial charge in [0.05, 0.1) is 0 Å². The van der Waals surface area contributed by atoms with Crippen LogP contribution in [0.15, 0.2) is 48.5 Å². The minimum absolute atomic E-state index is 0.216. The van der Waals surface area contributed by atoms with Crippen molar-refractivity contribution in [1.29, 1.82) is 0 Å². The summed E-state index contributed by atoms with van der Waals surface area (Å²) in [6.45, 7) is 9.08. The van der Waals surface area contributed by atoms with E-state index in [4.69, 9.17) is 0 Å². The summed E-state index contributed by atoms with van der Waals surface area (Å²) in [5, 5.41) is 11.0. The van der Waals surface area contributed by atoms with Gasteiger partial charge in [-0.3, -0.25) is 0 Å². The molecule has 0 saturated carbocycles. The fraction of sp³-hybridized carbons (Fsp3) is 0.586. The Hall–Kier alpha value is -1.76. The van der Waals surface area contributed by atoms with Crippen LogP contribution in [-0.2, 0) is 5.41 Å². The molecule has 2 aromatic carbocycles. The average molecular weight is 409 g/mol. The summed E-state index contributed by atoms with van der Waals surface area (Å²) in [7, 11) is 0. The molecule has 0 aromatic heterocycles. The quantitative estimate of drug-likeness (QED) is 0.309. The van der Waals surface area contributed by atoms with Crippen molar-refractivity contribution in [3.05, 3.63) is 65.2 Å². The van der Waals surface area contributed by atoms with Crippen LogP contribution in [0.2, 0.25) is 0 Å². The molecular formula is C29H44O. The molecule has 1 N–H and O–H groups in total. The van der Waals surface area contributed by atoms with Gasteiger partial charge in [-0.15, -0.1) is 0 Å². The van der Waals surface area contributed by atoms with Gasteiger partial charge in [-0.25, -0.2) is 0 Å². The second kappa shape index (κ2) is 12.8. The monoisotopic (exact) mass is 408 g/mol. The molecule has 2 aromatic rings. The molecule has 0 aliphatic rings. The van der Waals surface area contributed by atoms with Crippen LogP contribution in [0, 0.1) is 0 Å². The zero-order valence-corrected chi connectivity index (χ0v) is 19.9. The number of unbranched alkanes of at least 4 members (excludes halogenated alkanes) is 7. The number of phenols is 1. The maximum Gasteiger partial charge on any atom is 0.119 e. The molecule has 0 bridgehead atoms. The van der Waals surface area contributed by atoms with E-state index >= 15 is 0 Å². The first-order valence-corrected chi connectivity index (χ1v) is 12.4. The molecule has 1 atom stereocenters. The minimum Gasteiger partial charge on any atom is -0.508 e. The topological polar surface area (TPSA) is 20.2 Å². The molecular weight excluding hydrogens is 364 g/mol. The van der Waals surface area contributed by atoms with Gasteiger partial charge in [-0.2, -0.15) is 0 Å². The highest BCUT2D eigenvalue weighted by Crippen LogP contribution is 2.43. The third-order valence-electron chi connectivity index (χ3n) is 6.70. The van der Waals surface area contributed by atoms with Crippen molar-refractivity contribution in [2.75, 3.05) is 0 Å². The zero-order valence-electron chi connectivity index (χ0n) is 19.9. The normalized spacial score (nSPS) is 12.8. The molecule has 2 rings (SSSR count). The molecule has 0 fully saturated rings. The van der Waals surface area contributed by atoms with Crippen molar-refractivity contribution >= 4 is 0 Å². The zero-order chi connectivity index (χ0) is 21.8. The summed E-state index contributed by atoms with van der Waals surface area (Å²) in [4.78, 5) is 0.